The SMILES string of the molecule is C=CCOCCNCc1csc2ccccc12. The van der Waals surface area contributed by atoms with Crippen molar-refractivity contribution in [1.82, 2.24) is 5.32 Å². The largest absolute Gasteiger partial charge is 0.376 e. The van der Waals surface area contributed by atoms with Gasteiger partial charge >= 0.3 is 0 Å². The summed E-state index contributed by atoms with van der Waals surface area (Å²) in [6.07, 6.45) is 1.77. The van der Waals surface area contributed by atoms with Gasteiger partial charge in [-0.15, -0.1) is 17.9 Å². The zero-order valence-electron chi connectivity index (χ0n) is 9.82. The van der Waals surface area contributed by atoms with Crippen LogP contribution in [0.25, 0.3) is 10.1 Å². The second-order valence-corrected chi connectivity index (χ2v) is 4.71. The minimum Gasteiger partial charge on any atom is -0.376 e. The highest BCUT2D eigenvalue weighted by Crippen LogP contribution is 2.25. The van der Waals surface area contributed by atoms with Gasteiger partial charge in [-0.3, -0.25) is 0 Å². The molecule has 1 N–H and O–H groups in total. The molecule has 1 aromatic carbocycles. The van der Waals surface area contributed by atoms with E-state index in [9.17, 15) is 0 Å². The lowest BCUT2D eigenvalue weighted by molar-refractivity contribution is 0.164. The summed E-state index contributed by atoms with van der Waals surface area (Å²) in [5.41, 5.74) is 1.37. The first-order chi connectivity index (χ1) is 8.42. The predicted molar refractivity (Wildman–Crippen MR) is 74.5 cm³/mol. The van der Waals surface area contributed by atoms with Gasteiger partial charge in [-0.2, -0.15) is 0 Å². The standard InChI is InChI=1S/C14H17NOS/c1-2-8-16-9-7-15-10-12-11-17-14-6-4-3-5-13(12)14/h2-6,11,15H,1,7-10H2. The van der Waals surface area contributed by atoms with Crippen LogP contribution in [0.15, 0.2) is 42.3 Å². The smallest absolute Gasteiger partial charge is 0.0645 e. The third-order valence-electron chi connectivity index (χ3n) is 2.54. The normalized spacial score (nSPS) is 10.8. The zero-order valence-corrected chi connectivity index (χ0v) is 10.6. The summed E-state index contributed by atoms with van der Waals surface area (Å²) in [6.45, 7) is 6.74. The van der Waals surface area contributed by atoms with Crippen molar-refractivity contribution in [3.8, 4) is 0 Å². The molecule has 2 aromatic rings. The van der Waals surface area contributed by atoms with Crippen molar-refractivity contribution in [3.63, 3.8) is 0 Å². The topological polar surface area (TPSA) is 21.3 Å². The Hall–Kier alpha value is -1.16. The van der Waals surface area contributed by atoms with E-state index in [-0.39, 0.29) is 0 Å². The summed E-state index contributed by atoms with van der Waals surface area (Å²) in [5, 5.41) is 6.97. The lowest BCUT2D eigenvalue weighted by atomic mass is 10.2. The second kappa shape index (κ2) is 6.55. The molecule has 0 bridgehead atoms. The van der Waals surface area contributed by atoms with E-state index >= 15 is 0 Å². The average molecular weight is 247 g/mol. The summed E-state index contributed by atoms with van der Waals surface area (Å²) >= 11 is 1.80. The molecular formula is C14H17NOS. The first-order valence-corrected chi connectivity index (χ1v) is 6.64. The molecule has 2 rings (SSSR count). The highest BCUT2D eigenvalue weighted by Gasteiger charge is 2.01. The van der Waals surface area contributed by atoms with Crippen LogP contribution in [0.5, 0.6) is 0 Å². The van der Waals surface area contributed by atoms with E-state index in [0.717, 1.165) is 19.7 Å². The number of ether oxygens (including phenoxy) is 1. The maximum atomic E-state index is 5.31. The average Bonchev–Trinajstić information content (AvgIpc) is 2.77. The van der Waals surface area contributed by atoms with Gasteiger partial charge in [0.25, 0.3) is 0 Å². The Kier molecular flexibility index (Phi) is 4.74. The van der Waals surface area contributed by atoms with Crippen molar-refractivity contribution in [2.24, 2.45) is 0 Å². The van der Waals surface area contributed by atoms with Crippen LogP contribution >= 0.6 is 11.3 Å². The van der Waals surface area contributed by atoms with E-state index in [4.69, 9.17) is 4.74 Å². The lowest BCUT2D eigenvalue weighted by Gasteiger charge is -2.04. The third kappa shape index (κ3) is 3.40. The van der Waals surface area contributed by atoms with Gasteiger partial charge in [0.1, 0.15) is 0 Å². The fraction of sp³-hybridized carbons (Fsp3) is 0.286. The van der Waals surface area contributed by atoms with Crippen LogP contribution in [-0.2, 0) is 11.3 Å². The van der Waals surface area contributed by atoms with Gasteiger partial charge in [-0.25, -0.2) is 0 Å². The van der Waals surface area contributed by atoms with Crippen molar-refractivity contribution in [3.05, 3.63) is 47.9 Å². The van der Waals surface area contributed by atoms with Gasteiger partial charge in [0, 0.05) is 17.8 Å². The van der Waals surface area contributed by atoms with Crippen molar-refractivity contribution in [2.45, 2.75) is 6.54 Å². The van der Waals surface area contributed by atoms with E-state index in [1.807, 2.05) is 0 Å². The Bertz CT molecular complexity index is 478. The highest BCUT2D eigenvalue weighted by molar-refractivity contribution is 7.17. The molecule has 1 aromatic heterocycles. The van der Waals surface area contributed by atoms with Gasteiger partial charge < -0.3 is 10.1 Å². The van der Waals surface area contributed by atoms with Gasteiger partial charge in [0.05, 0.1) is 13.2 Å². The number of nitrogens with one attached hydrogen (secondary N) is 1. The first-order valence-electron chi connectivity index (χ1n) is 5.76. The van der Waals surface area contributed by atoms with Crippen LogP contribution in [0.4, 0.5) is 0 Å². The lowest BCUT2D eigenvalue weighted by Crippen LogP contribution is -2.19. The van der Waals surface area contributed by atoms with Crippen LogP contribution in [0.2, 0.25) is 0 Å². The van der Waals surface area contributed by atoms with Crippen LogP contribution in [0, 0.1) is 0 Å². The van der Waals surface area contributed by atoms with E-state index in [0.29, 0.717) is 6.61 Å². The number of rotatable bonds is 7. The number of thiophene rings is 1. The second-order valence-electron chi connectivity index (χ2n) is 3.80. The summed E-state index contributed by atoms with van der Waals surface area (Å²) in [7, 11) is 0. The van der Waals surface area contributed by atoms with Crippen LogP contribution in [0.1, 0.15) is 5.56 Å². The molecule has 0 radical (unpaired) electrons. The molecule has 0 saturated heterocycles. The van der Waals surface area contributed by atoms with Crippen molar-refractivity contribution in [1.29, 1.82) is 0 Å². The van der Waals surface area contributed by atoms with Gasteiger partial charge in [-0.1, -0.05) is 24.3 Å². The highest BCUT2D eigenvalue weighted by atomic mass is 32.1. The fourth-order valence-electron chi connectivity index (χ4n) is 1.70. The van der Waals surface area contributed by atoms with Crippen molar-refractivity contribution >= 4 is 21.4 Å². The molecule has 1 heterocycles. The molecular weight excluding hydrogens is 230 g/mol. The molecule has 17 heavy (non-hydrogen) atoms. The molecule has 3 heteroatoms. The van der Waals surface area contributed by atoms with Gasteiger partial charge in [0.15, 0.2) is 0 Å². The predicted octanol–water partition coefficient (Wildman–Crippen LogP) is 3.19. The Labute approximate surface area is 106 Å². The molecule has 0 saturated carbocycles. The molecule has 2 nitrogen and oxygen atoms in total. The molecule has 0 atom stereocenters. The Balaban J connectivity index is 1.81. The minimum atomic E-state index is 0.628. The van der Waals surface area contributed by atoms with E-state index in [1.54, 1.807) is 17.4 Å². The summed E-state index contributed by atoms with van der Waals surface area (Å²) in [6, 6.07) is 8.51. The van der Waals surface area contributed by atoms with Crippen LogP contribution in [0.3, 0.4) is 0 Å². The van der Waals surface area contributed by atoms with E-state index in [1.165, 1.54) is 15.6 Å². The van der Waals surface area contributed by atoms with Crippen molar-refractivity contribution in [2.75, 3.05) is 19.8 Å². The maximum absolute atomic E-state index is 5.31. The number of fused-ring (bicyclic) bond motifs is 1. The molecule has 0 aliphatic rings. The van der Waals surface area contributed by atoms with E-state index < -0.39 is 0 Å². The quantitative estimate of drug-likeness (QED) is 0.599. The number of hydrogen-bond acceptors (Lipinski definition) is 3. The Morgan fingerprint density at radius 1 is 1.35 bits per heavy atom. The van der Waals surface area contributed by atoms with Gasteiger partial charge in [-0.05, 0) is 22.4 Å². The Morgan fingerprint density at radius 3 is 3.12 bits per heavy atom. The monoisotopic (exact) mass is 247 g/mol. The molecule has 90 valence electrons. The summed E-state index contributed by atoms with van der Waals surface area (Å²) in [5.74, 6) is 0. The zero-order chi connectivity index (χ0) is 11.9. The van der Waals surface area contributed by atoms with E-state index in [2.05, 4.69) is 41.5 Å². The number of hydrogen-bond donors (Lipinski definition) is 1. The molecule has 0 aliphatic heterocycles. The van der Waals surface area contributed by atoms with Crippen molar-refractivity contribution < 1.29 is 4.74 Å². The molecule has 0 unspecified atom stereocenters. The fourth-order valence-corrected chi connectivity index (χ4v) is 2.67. The summed E-state index contributed by atoms with van der Waals surface area (Å²) in [4.78, 5) is 0. The minimum absolute atomic E-state index is 0.628. The first kappa shape index (κ1) is 12.3. The van der Waals surface area contributed by atoms with Crippen LogP contribution < -0.4 is 5.32 Å². The molecule has 0 amide bonds. The van der Waals surface area contributed by atoms with Crippen LogP contribution in [-0.4, -0.2) is 19.8 Å². The molecule has 0 aliphatic carbocycles. The molecule has 0 spiro atoms. The number of benzene rings is 1. The summed E-state index contributed by atoms with van der Waals surface area (Å²) < 4.78 is 6.67. The molecule has 0 fully saturated rings. The third-order valence-corrected chi connectivity index (χ3v) is 3.55. The maximum Gasteiger partial charge on any atom is 0.0645 e. The Morgan fingerprint density at radius 2 is 2.24 bits per heavy atom. The van der Waals surface area contributed by atoms with Gasteiger partial charge in [0.2, 0.25) is 0 Å².